The van der Waals surface area contributed by atoms with Crippen LogP contribution in [0.3, 0.4) is 0 Å². The smallest absolute Gasteiger partial charge is 0.0241 e. The molecule has 0 atom stereocenters. The molecule has 1 rings (SSSR count). The van der Waals surface area contributed by atoms with Crippen molar-refractivity contribution in [3.63, 3.8) is 0 Å². The molecule has 0 aliphatic heterocycles. The van der Waals surface area contributed by atoms with E-state index in [0.29, 0.717) is 0 Å². The van der Waals surface area contributed by atoms with Gasteiger partial charge in [-0.15, -0.1) is 0 Å². The van der Waals surface area contributed by atoms with Crippen LogP contribution in [0.4, 0.5) is 0 Å². The Kier molecular flexibility index (Phi) is 6.39. The molecule has 0 N–H and O–H groups in total. The van der Waals surface area contributed by atoms with E-state index in [-0.39, 0.29) is 0 Å². The van der Waals surface area contributed by atoms with Crippen LogP contribution in [-0.4, -0.2) is 0 Å². The zero-order chi connectivity index (χ0) is 9.90. The Morgan fingerprint density at radius 2 is 1.29 bits per heavy atom. The summed E-state index contributed by atoms with van der Waals surface area (Å²) in [6.45, 7) is 0. The average molecular weight is 185 g/mol. The lowest BCUT2D eigenvalue weighted by atomic mass is 10.2. The molecule has 0 saturated heterocycles. The van der Waals surface area contributed by atoms with E-state index in [4.69, 9.17) is 0 Å². The predicted octanol–water partition coefficient (Wildman–Crippen LogP) is 4.14. The second kappa shape index (κ2) is 8.31. The van der Waals surface area contributed by atoms with Crippen molar-refractivity contribution >= 4 is 0 Å². The lowest BCUT2D eigenvalue weighted by Crippen LogP contribution is -1.67. The Morgan fingerprint density at radius 1 is 0.643 bits per heavy atom. The van der Waals surface area contributed by atoms with Gasteiger partial charge in [-0.3, -0.25) is 0 Å². The molecule has 0 fully saturated rings. The molecule has 0 saturated carbocycles. The van der Waals surface area contributed by atoms with E-state index in [0.717, 1.165) is 25.7 Å². The normalized spacial score (nSPS) is 29.7. The molecule has 0 heteroatoms. The summed E-state index contributed by atoms with van der Waals surface area (Å²) >= 11 is 0. The molecule has 1 radical (unpaired) electrons. The first-order chi connectivity index (χ1) is 7.00. The van der Waals surface area contributed by atoms with Crippen molar-refractivity contribution in [3.8, 4) is 0 Å². The van der Waals surface area contributed by atoms with E-state index < -0.39 is 0 Å². The van der Waals surface area contributed by atoms with Gasteiger partial charge in [0.05, 0.1) is 0 Å². The minimum absolute atomic E-state index is 1.00. The van der Waals surface area contributed by atoms with Crippen LogP contribution in [0.1, 0.15) is 25.7 Å². The topological polar surface area (TPSA) is 0 Å². The van der Waals surface area contributed by atoms with Gasteiger partial charge in [-0.05, 0) is 31.8 Å². The van der Waals surface area contributed by atoms with Gasteiger partial charge < -0.3 is 0 Å². The zero-order valence-electron chi connectivity index (χ0n) is 8.52. The highest BCUT2D eigenvalue weighted by molar-refractivity contribution is 5.11. The monoisotopic (exact) mass is 185 g/mol. The molecule has 0 aromatic heterocycles. The van der Waals surface area contributed by atoms with Crippen LogP contribution < -0.4 is 0 Å². The van der Waals surface area contributed by atoms with E-state index >= 15 is 0 Å². The SMILES string of the molecule is [C]1=C/C=C\CC\C=C/C=C/C=C\CC/1. The van der Waals surface area contributed by atoms with Crippen molar-refractivity contribution in [1.82, 2.24) is 0 Å². The Labute approximate surface area is 87.0 Å². The molecule has 0 heterocycles. The molecule has 0 aromatic rings. The van der Waals surface area contributed by atoms with Gasteiger partial charge in [0.25, 0.3) is 0 Å². The lowest BCUT2D eigenvalue weighted by molar-refractivity contribution is 1.02. The number of hydrogen-bond donors (Lipinski definition) is 0. The molecule has 1 aliphatic carbocycles. The zero-order valence-corrected chi connectivity index (χ0v) is 8.52. The molecule has 0 bridgehead atoms. The van der Waals surface area contributed by atoms with Crippen LogP contribution in [0, 0.1) is 6.08 Å². The first-order valence-electron chi connectivity index (χ1n) is 5.20. The van der Waals surface area contributed by atoms with Crippen LogP contribution in [-0.2, 0) is 0 Å². The Morgan fingerprint density at radius 3 is 2.07 bits per heavy atom. The summed E-state index contributed by atoms with van der Waals surface area (Å²) in [4.78, 5) is 0. The van der Waals surface area contributed by atoms with Gasteiger partial charge in [-0.2, -0.15) is 0 Å². The molecule has 0 amide bonds. The third-order valence-corrected chi connectivity index (χ3v) is 1.91. The van der Waals surface area contributed by atoms with Crippen molar-refractivity contribution in [2.45, 2.75) is 25.7 Å². The van der Waals surface area contributed by atoms with Crippen molar-refractivity contribution in [2.24, 2.45) is 0 Å². The summed E-state index contributed by atoms with van der Waals surface area (Å²) in [5.41, 5.74) is 0. The van der Waals surface area contributed by atoms with Gasteiger partial charge in [-0.25, -0.2) is 0 Å². The van der Waals surface area contributed by atoms with Crippen molar-refractivity contribution in [1.29, 1.82) is 0 Å². The minimum atomic E-state index is 1.00. The Balaban J connectivity index is 2.45. The Hall–Kier alpha value is -1.30. The maximum atomic E-state index is 3.23. The first kappa shape index (κ1) is 10.8. The molecule has 0 spiro atoms. The highest BCUT2D eigenvalue weighted by Gasteiger charge is 1.77. The maximum Gasteiger partial charge on any atom is -0.0241 e. The molecule has 14 heavy (non-hydrogen) atoms. The van der Waals surface area contributed by atoms with Crippen LogP contribution in [0.25, 0.3) is 0 Å². The molecule has 0 aromatic carbocycles. The van der Waals surface area contributed by atoms with Crippen molar-refractivity contribution in [2.75, 3.05) is 0 Å². The van der Waals surface area contributed by atoms with Gasteiger partial charge in [-0.1, -0.05) is 54.7 Å². The summed E-state index contributed by atoms with van der Waals surface area (Å²) in [6, 6.07) is 0. The number of rotatable bonds is 0. The van der Waals surface area contributed by atoms with Gasteiger partial charge in [0, 0.05) is 0 Å². The number of hydrogen-bond acceptors (Lipinski definition) is 0. The van der Waals surface area contributed by atoms with Crippen LogP contribution >= 0.6 is 0 Å². The van der Waals surface area contributed by atoms with Gasteiger partial charge >= 0.3 is 0 Å². The van der Waals surface area contributed by atoms with Gasteiger partial charge in [0.1, 0.15) is 0 Å². The molecular weight excluding hydrogens is 168 g/mol. The first-order valence-corrected chi connectivity index (χ1v) is 5.20. The van der Waals surface area contributed by atoms with Crippen LogP contribution in [0.5, 0.6) is 0 Å². The fourth-order valence-electron chi connectivity index (χ4n) is 1.15. The van der Waals surface area contributed by atoms with Crippen molar-refractivity contribution in [3.05, 3.63) is 60.8 Å². The molecular formula is C14H17. The third kappa shape index (κ3) is 6.24. The maximum absolute atomic E-state index is 3.23. The lowest BCUT2D eigenvalue weighted by Gasteiger charge is -1.86. The fourth-order valence-corrected chi connectivity index (χ4v) is 1.15. The summed E-state index contributed by atoms with van der Waals surface area (Å²) < 4.78 is 0. The highest BCUT2D eigenvalue weighted by Crippen LogP contribution is 1.97. The largest absolute Gasteiger partial charge is 0.0842 e. The van der Waals surface area contributed by atoms with Crippen LogP contribution in [0.15, 0.2) is 54.7 Å². The van der Waals surface area contributed by atoms with Gasteiger partial charge in [0.15, 0.2) is 0 Å². The van der Waals surface area contributed by atoms with E-state index in [9.17, 15) is 0 Å². The molecule has 73 valence electrons. The standard InChI is InChI=1S/C14H17/c1-2-4-6-8-10-12-14-13-11-9-7-5-3-1/h1-6,11,13-14H,7-10H2/b2-1+,5-3-,6-4-,13-11-,14-12?. The quantitative estimate of drug-likeness (QED) is 0.532. The molecule has 1 aliphatic rings. The van der Waals surface area contributed by atoms with Crippen molar-refractivity contribution < 1.29 is 0 Å². The molecule has 0 unspecified atom stereocenters. The summed E-state index contributed by atoms with van der Waals surface area (Å²) in [7, 11) is 0. The van der Waals surface area contributed by atoms with E-state index in [2.05, 4.69) is 54.7 Å². The van der Waals surface area contributed by atoms with E-state index in [1.54, 1.807) is 0 Å². The summed E-state index contributed by atoms with van der Waals surface area (Å²) in [5.74, 6) is 0. The fraction of sp³-hybridized carbons (Fsp3) is 0.286. The number of allylic oxidation sites excluding steroid dienone is 10. The Bertz CT molecular complexity index is 234. The van der Waals surface area contributed by atoms with E-state index in [1.807, 2.05) is 6.08 Å². The molecule has 0 nitrogen and oxygen atoms in total. The average Bonchev–Trinajstić information content (AvgIpc) is 2.22. The van der Waals surface area contributed by atoms with Gasteiger partial charge in [0.2, 0.25) is 0 Å². The minimum Gasteiger partial charge on any atom is -0.0842 e. The predicted molar refractivity (Wildman–Crippen MR) is 62.8 cm³/mol. The van der Waals surface area contributed by atoms with Crippen LogP contribution in [0.2, 0.25) is 0 Å². The summed E-state index contributed by atoms with van der Waals surface area (Å²) in [5, 5.41) is 0. The second-order valence-corrected chi connectivity index (χ2v) is 3.16. The second-order valence-electron chi connectivity index (χ2n) is 3.16. The highest BCUT2D eigenvalue weighted by atomic mass is 13.8. The third-order valence-electron chi connectivity index (χ3n) is 1.91. The van der Waals surface area contributed by atoms with E-state index in [1.165, 1.54) is 0 Å². The summed E-state index contributed by atoms with van der Waals surface area (Å²) in [6.07, 6.45) is 26.5.